The Morgan fingerprint density at radius 3 is 2.89 bits per heavy atom. The van der Waals surface area contributed by atoms with Crippen molar-refractivity contribution >= 4 is 5.84 Å². The Morgan fingerprint density at radius 2 is 2.21 bits per heavy atom. The zero-order valence-electron chi connectivity index (χ0n) is 11.5. The summed E-state index contributed by atoms with van der Waals surface area (Å²) in [6.07, 6.45) is 3.64. The Balaban J connectivity index is 2.04. The quantitative estimate of drug-likeness (QED) is 0.651. The van der Waals surface area contributed by atoms with Gasteiger partial charge in [-0.1, -0.05) is 19.1 Å². The number of hydrogen-bond acceptors (Lipinski definition) is 2. The fourth-order valence-corrected chi connectivity index (χ4v) is 2.56. The minimum Gasteiger partial charge on any atom is -0.384 e. The second-order valence-electron chi connectivity index (χ2n) is 5.53. The number of nitrogens with two attached hydrogens (primary N) is 1. The van der Waals surface area contributed by atoms with Crippen LogP contribution in [0.2, 0.25) is 0 Å². The molecule has 0 amide bonds. The topological polar surface area (TPSA) is 53.1 Å². The molecule has 1 heterocycles. The summed E-state index contributed by atoms with van der Waals surface area (Å²) in [6.45, 7) is 5.01. The molecule has 1 aromatic carbocycles. The highest BCUT2D eigenvalue weighted by atomic mass is 19.1. The van der Waals surface area contributed by atoms with Crippen molar-refractivity contribution in [3.8, 4) is 0 Å². The standard InChI is InChI=1S/C15H22FN3/c1-11-3-2-7-19(8-6-11)10-13-5-4-12(15(17)18)9-14(13)16/h4-5,9,11H,2-3,6-8,10H2,1H3,(H3,17,18). The fourth-order valence-electron chi connectivity index (χ4n) is 2.56. The predicted molar refractivity (Wildman–Crippen MR) is 75.7 cm³/mol. The molecule has 3 nitrogen and oxygen atoms in total. The monoisotopic (exact) mass is 263 g/mol. The predicted octanol–water partition coefficient (Wildman–Crippen LogP) is 2.73. The van der Waals surface area contributed by atoms with Gasteiger partial charge in [0.1, 0.15) is 11.7 Å². The number of halogens is 1. The normalized spacial score (nSPS) is 21.1. The molecule has 1 unspecified atom stereocenters. The zero-order chi connectivity index (χ0) is 13.8. The van der Waals surface area contributed by atoms with Crippen LogP contribution in [0.4, 0.5) is 4.39 Å². The van der Waals surface area contributed by atoms with E-state index in [0.29, 0.717) is 17.7 Å². The van der Waals surface area contributed by atoms with Gasteiger partial charge in [0.25, 0.3) is 0 Å². The first-order valence-corrected chi connectivity index (χ1v) is 6.91. The van der Waals surface area contributed by atoms with Gasteiger partial charge in [-0.25, -0.2) is 4.39 Å². The summed E-state index contributed by atoms with van der Waals surface area (Å²) >= 11 is 0. The van der Waals surface area contributed by atoms with E-state index < -0.39 is 0 Å². The van der Waals surface area contributed by atoms with E-state index in [1.807, 2.05) is 0 Å². The van der Waals surface area contributed by atoms with E-state index in [1.54, 1.807) is 12.1 Å². The molecule has 0 aromatic heterocycles. The van der Waals surface area contributed by atoms with Crippen LogP contribution < -0.4 is 5.73 Å². The summed E-state index contributed by atoms with van der Waals surface area (Å²) in [5, 5.41) is 7.31. The van der Waals surface area contributed by atoms with Crippen molar-refractivity contribution in [1.82, 2.24) is 4.90 Å². The first-order valence-electron chi connectivity index (χ1n) is 6.91. The van der Waals surface area contributed by atoms with E-state index in [2.05, 4.69) is 11.8 Å². The third-order valence-electron chi connectivity index (χ3n) is 3.87. The molecule has 19 heavy (non-hydrogen) atoms. The Kier molecular flexibility index (Phi) is 4.53. The van der Waals surface area contributed by atoms with Gasteiger partial charge >= 0.3 is 0 Å². The van der Waals surface area contributed by atoms with Gasteiger partial charge in [0, 0.05) is 17.7 Å². The second-order valence-corrected chi connectivity index (χ2v) is 5.53. The molecule has 1 fully saturated rings. The van der Waals surface area contributed by atoms with Gasteiger partial charge in [0.15, 0.2) is 0 Å². The van der Waals surface area contributed by atoms with Crippen LogP contribution in [0, 0.1) is 17.1 Å². The lowest BCUT2D eigenvalue weighted by molar-refractivity contribution is 0.270. The van der Waals surface area contributed by atoms with Gasteiger partial charge in [-0.05, 0) is 44.3 Å². The Morgan fingerprint density at radius 1 is 1.42 bits per heavy atom. The highest BCUT2D eigenvalue weighted by Gasteiger charge is 2.15. The molecular formula is C15H22FN3. The van der Waals surface area contributed by atoms with Crippen LogP contribution >= 0.6 is 0 Å². The van der Waals surface area contributed by atoms with Crippen LogP contribution in [-0.4, -0.2) is 23.8 Å². The van der Waals surface area contributed by atoms with Gasteiger partial charge in [-0.3, -0.25) is 10.3 Å². The highest BCUT2D eigenvalue weighted by Crippen LogP contribution is 2.19. The molecule has 0 saturated carbocycles. The van der Waals surface area contributed by atoms with E-state index in [9.17, 15) is 4.39 Å². The minimum absolute atomic E-state index is 0.0888. The number of hydrogen-bond donors (Lipinski definition) is 2. The lowest BCUT2D eigenvalue weighted by atomic mass is 10.0. The van der Waals surface area contributed by atoms with Gasteiger partial charge in [-0.15, -0.1) is 0 Å². The summed E-state index contributed by atoms with van der Waals surface area (Å²) in [4.78, 5) is 2.31. The van der Waals surface area contributed by atoms with E-state index in [4.69, 9.17) is 11.1 Å². The van der Waals surface area contributed by atoms with Gasteiger partial charge in [0.05, 0.1) is 0 Å². The minimum atomic E-state index is -0.259. The van der Waals surface area contributed by atoms with Crippen molar-refractivity contribution in [1.29, 1.82) is 5.41 Å². The smallest absolute Gasteiger partial charge is 0.128 e. The lowest BCUT2D eigenvalue weighted by Crippen LogP contribution is -2.25. The second kappa shape index (κ2) is 6.15. The highest BCUT2D eigenvalue weighted by molar-refractivity contribution is 5.94. The van der Waals surface area contributed by atoms with Gasteiger partial charge in [-0.2, -0.15) is 0 Å². The molecule has 1 aromatic rings. The van der Waals surface area contributed by atoms with Crippen molar-refractivity contribution in [2.24, 2.45) is 11.7 Å². The molecule has 2 rings (SSSR count). The van der Waals surface area contributed by atoms with Crippen molar-refractivity contribution in [2.45, 2.75) is 32.7 Å². The van der Waals surface area contributed by atoms with Crippen LogP contribution in [0.25, 0.3) is 0 Å². The largest absolute Gasteiger partial charge is 0.384 e. The maximum atomic E-state index is 14.0. The third kappa shape index (κ3) is 3.77. The number of likely N-dealkylation sites (tertiary alicyclic amines) is 1. The number of nitrogens with one attached hydrogen (secondary N) is 1. The van der Waals surface area contributed by atoms with E-state index >= 15 is 0 Å². The summed E-state index contributed by atoms with van der Waals surface area (Å²) in [6, 6.07) is 4.83. The molecule has 3 N–H and O–H groups in total. The average Bonchev–Trinajstić information content (AvgIpc) is 2.57. The maximum Gasteiger partial charge on any atom is 0.128 e. The molecule has 0 radical (unpaired) electrons. The summed E-state index contributed by atoms with van der Waals surface area (Å²) < 4.78 is 14.0. The van der Waals surface area contributed by atoms with E-state index in [0.717, 1.165) is 19.0 Å². The molecule has 1 aliphatic heterocycles. The first kappa shape index (κ1) is 14.0. The lowest BCUT2D eigenvalue weighted by Gasteiger charge is -2.20. The van der Waals surface area contributed by atoms with E-state index in [1.165, 1.54) is 25.3 Å². The number of nitrogen functional groups attached to an aromatic ring is 1. The molecular weight excluding hydrogens is 241 g/mol. The molecule has 1 saturated heterocycles. The molecule has 0 spiro atoms. The zero-order valence-corrected chi connectivity index (χ0v) is 11.5. The number of benzene rings is 1. The van der Waals surface area contributed by atoms with Crippen molar-refractivity contribution in [3.63, 3.8) is 0 Å². The van der Waals surface area contributed by atoms with Gasteiger partial charge < -0.3 is 5.73 Å². The van der Waals surface area contributed by atoms with Crippen LogP contribution in [0.5, 0.6) is 0 Å². The SMILES string of the molecule is CC1CCCN(Cc2ccc(C(=N)N)cc2F)CC1. The maximum absolute atomic E-state index is 14.0. The average molecular weight is 263 g/mol. The Hall–Kier alpha value is -1.42. The van der Waals surface area contributed by atoms with E-state index in [-0.39, 0.29) is 11.7 Å². The van der Waals surface area contributed by atoms with Crippen molar-refractivity contribution < 1.29 is 4.39 Å². The van der Waals surface area contributed by atoms with Crippen LogP contribution in [0.1, 0.15) is 37.3 Å². The molecule has 0 bridgehead atoms. The van der Waals surface area contributed by atoms with Crippen LogP contribution in [0.3, 0.4) is 0 Å². The first-order chi connectivity index (χ1) is 9.06. The summed E-state index contributed by atoms with van der Waals surface area (Å²) in [5.41, 5.74) is 6.50. The third-order valence-corrected chi connectivity index (χ3v) is 3.87. The number of amidine groups is 1. The molecule has 1 aliphatic rings. The van der Waals surface area contributed by atoms with Crippen molar-refractivity contribution in [3.05, 3.63) is 35.1 Å². The van der Waals surface area contributed by atoms with Crippen molar-refractivity contribution in [2.75, 3.05) is 13.1 Å². The summed E-state index contributed by atoms with van der Waals surface area (Å²) in [5.74, 6) is 0.425. The number of nitrogens with zero attached hydrogens (tertiary/aromatic N) is 1. The van der Waals surface area contributed by atoms with Crippen LogP contribution in [-0.2, 0) is 6.54 Å². The van der Waals surface area contributed by atoms with Crippen LogP contribution in [0.15, 0.2) is 18.2 Å². The molecule has 104 valence electrons. The Bertz CT molecular complexity index is 459. The molecule has 4 heteroatoms. The molecule has 1 atom stereocenters. The molecule has 0 aliphatic carbocycles. The number of rotatable bonds is 3. The fraction of sp³-hybridized carbons (Fsp3) is 0.533. The summed E-state index contributed by atoms with van der Waals surface area (Å²) in [7, 11) is 0. The Labute approximate surface area is 114 Å². The van der Waals surface area contributed by atoms with Gasteiger partial charge in [0.2, 0.25) is 0 Å².